The lowest BCUT2D eigenvalue weighted by Gasteiger charge is -2.32. The van der Waals surface area contributed by atoms with Crippen LogP contribution in [0.3, 0.4) is 0 Å². The van der Waals surface area contributed by atoms with Crippen LogP contribution in [0.1, 0.15) is 11.1 Å². The van der Waals surface area contributed by atoms with Crippen LogP contribution in [0.2, 0.25) is 0 Å². The number of nitrogens with zero attached hydrogens (tertiary/aromatic N) is 2. The number of fused-ring (bicyclic) bond motifs is 3. The average Bonchev–Trinajstić information content (AvgIpc) is 3.33. The Kier molecular flexibility index (Phi) is 5.02. The Morgan fingerprint density at radius 3 is 2.35 bits per heavy atom. The summed E-state index contributed by atoms with van der Waals surface area (Å²) in [6.45, 7) is 0. The first-order valence-electron chi connectivity index (χ1n) is 10.3. The number of benzene rings is 3. The Bertz CT molecular complexity index is 1340. The molecule has 2 heterocycles. The number of imidazole rings is 1. The Hall–Kier alpha value is -3.47. The van der Waals surface area contributed by atoms with E-state index in [1.54, 1.807) is 14.2 Å². The predicted molar refractivity (Wildman–Crippen MR) is 124 cm³/mol. The van der Waals surface area contributed by atoms with Crippen molar-refractivity contribution in [2.75, 3.05) is 14.2 Å². The second-order valence-corrected chi connectivity index (χ2v) is 7.60. The molecule has 0 aliphatic carbocycles. The maximum Gasteiger partial charge on any atom is 0.198 e. The van der Waals surface area contributed by atoms with Crippen LogP contribution >= 0.6 is 0 Å². The third-order valence-corrected chi connectivity index (χ3v) is 5.98. The average molecular weight is 409 g/mol. The summed E-state index contributed by atoms with van der Waals surface area (Å²) in [5.74, 6) is -0.873. The van der Waals surface area contributed by atoms with Crippen molar-refractivity contribution < 1.29 is 9.47 Å². The van der Waals surface area contributed by atoms with E-state index in [9.17, 15) is 0 Å². The molecule has 0 amide bonds. The minimum absolute atomic E-state index is 0.573. The van der Waals surface area contributed by atoms with Gasteiger partial charge < -0.3 is 9.47 Å². The minimum atomic E-state index is -0.873. The Morgan fingerprint density at radius 1 is 0.839 bits per heavy atom. The first-order chi connectivity index (χ1) is 15.3. The molecular formula is C27H24N2O2. The Morgan fingerprint density at radius 2 is 1.55 bits per heavy atom. The van der Waals surface area contributed by atoms with E-state index < -0.39 is 5.79 Å². The first-order valence-corrected chi connectivity index (χ1v) is 10.3. The molecule has 0 bridgehead atoms. The molecule has 0 unspecified atom stereocenters. The van der Waals surface area contributed by atoms with Gasteiger partial charge in [-0.15, -0.1) is 0 Å². The summed E-state index contributed by atoms with van der Waals surface area (Å²) in [6.07, 6.45) is 4.45. The van der Waals surface area contributed by atoms with E-state index in [1.165, 1.54) is 5.39 Å². The van der Waals surface area contributed by atoms with Crippen LogP contribution in [0.5, 0.6) is 0 Å². The molecule has 154 valence electrons. The monoisotopic (exact) mass is 408 g/mol. The van der Waals surface area contributed by atoms with Gasteiger partial charge in [-0.25, -0.2) is 4.98 Å². The molecule has 0 saturated carbocycles. The molecule has 0 N–H and O–H groups in total. The van der Waals surface area contributed by atoms with Crippen LogP contribution in [0.25, 0.3) is 27.7 Å². The van der Waals surface area contributed by atoms with Gasteiger partial charge in [0.1, 0.15) is 5.65 Å². The first kappa shape index (κ1) is 19.5. The number of aromatic nitrogens is 2. The van der Waals surface area contributed by atoms with Crippen LogP contribution in [0.4, 0.5) is 0 Å². The standard InChI is InChI=1S/C27H24N2O2/c1-30-27(31-2,22-12-4-3-5-13-22)19-21-11-7-8-14-23(21)25-18-20-10-6-9-15-24(20)26-28-16-17-29(25)26/h3-18H,19H2,1-2H3. The molecule has 31 heavy (non-hydrogen) atoms. The van der Waals surface area contributed by atoms with Crippen molar-refractivity contribution in [3.63, 3.8) is 0 Å². The molecule has 0 aliphatic heterocycles. The lowest BCUT2D eigenvalue weighted by Crippen LogP contribution is -2.33. The highest BCUT2D eigenvalue weighted by Gasteiger charge is 2.33. The highest BCUT2D eigenvalue weighted by atomic mass is 16.7. The van der Waals surface area contributed by atoms with Crippen molar-refractivity contribution >= 4 is 16.4 Å². The maximum atomic E-state index is 5.97. The van der Waals surface area contributed by atoms with E-state index in [0.29, 0.717) is 6.42 Å². The van der Waals surface area contributed by atoms with Crippen LogP contribution in [-0.2, 0) is 21.7 Å². The maximum absolute atomic E-state index is 5.97. The summed E-state index contributed by atoms with van der Waals surface area (Å²) in [5, 5.41) is 2.31. The van der Waals surface area contributed by atoms with E-state index in [0.717, 1.165) is 33.4 Å². The fraction of sp³-hybridized carbons (Fsp3) is 0.148. The molecule has 0 radical (unpaired) electrons. The van der Waals surface area contributed by atoms with Crippen molar-refractivity contribution in [1.82, 2.24) is 9.38 Å². The van der Waals surface area contributed by atoms with Gasteiger partial charge in [-0.3, -0.25) is 4.40 Å². The number of methoxy groups -OCH3 is 2. The van der Waals surface area contributed by atoms with E-state index in [4.69, 9.17) is 9.47 Å². The molecule has 0 atom stereocenters. The largest absolute Gasteiger partial charge is 0.349 e. The Labute approximate surface area is 181 Å². The van der Waals surface area contributed by atoms with Crippen LogP contribution in [0, 0.1) is 0 Å². The van der Waals surface area contributed by atoms with Gasteiger partial charge in [-0.2, -0.15) is 0 Å². The van der Waals surface area contributed by atoms with E-state index in [1.807, 2.05) is 42.7 Å². The van der Waals surface area contributed by atoms with Gasteiger partial charge in [-0.1, -0.05) is 78.9 Å². The third-order valence-electron chi connectivity index (χ3n) is 5.98. The van der Waals surface area contributed by atoms with Crippen molar-refractivity contribution in [2.24, 2.45) is 0 Å². The number of hydrogen-bond acceptors (Lipinski definition) is 3. The molecule has 3 aromatic carbocycles. The zero-order valence-electron chi connectivity index (χ0n) is 17.7. The van der Waals surface area contributed by atoms with Gasteiger partial charge in [0.25, 0.3) is 0 Å². The molecule has 0 saturated heterocycles. The summed E-state index contributed by atoms with van der Waals surface area (Å²) in [6, 6.07) is 29.1. The molecular weight excluding hydrogens is 384 g/mol. The summed E-state index contributed by atoms with van der Waals surface area (Å²) in [7, 11) is 3.40. The minimum Gasteiger partial charge on any atom is -0.349 e. The van der Waals surface area contributed by atoms with Gasteiger partial charge in [0.2, 0.25) is 0 Å². The van der Waals surface area contributed by atoms with Crippen LogP contribution < -0.4 is 0 Å². The smallest absolute Gasteiger partial charge is 0.198 e. The number of ether oxygens (including phenoxy) is 2. The number of rotatable bonds is 6. The van der Waals surface area contributed by atoms with Crippen LogP contribution in [0.15, 0.2) is 97.3 Å². The van der Waals surface area contributed by atoms with Crippen molar-refractivity contribution in [2.45, 2.75) is 12.2 Å². The van der Waals surface area contributed by atoms with Gasteiger partial charge in [0, 0.05) is 49.5 Å². The SMILES string of the molecule is COC(Cc1ccccc1-c1cc2ccccc2c2nccn12)(OC)c1ccccc1. The fourth-order valence-corrected chi connectivity index (χ4v) is 4.38. The predicted octanol–water partition coefficient (Wildman–Crippen LogP) is 5.84. The zero-order valence-corrected chi connectivity index (χ0v) is 17.7. The molecule has 0 spiro atoms. The summed E-state index contributed by atoms with van der Waals surface area (Å²) < 4.78 is 14.1. The quantitative estimate of drug-likeness (QED) is 0.331. The van der Waals surface area contributed by atoms with Crippen LogP contribution in [-0.4, -0.2) is 23.6 Å². The topological polar surface area (TPSA) is 35.8 Å². The molecule has 2 aromatic heterocycles. The molecule has 0 fully saturated rings. The van der Waals surface area contributed by atoms with Crippen molar-refractivity contribution in [3.05, 3.63) is 108 Å². The van der Waals surface area contributed by atoms with Gasteiger partial charge >= 0.3 is 0 Å². The second-order valence-electron chi connectivity index (χ2n) is 7.60. The van der Waals surface area contributed by atoms with E-state index in [-0.39, 0.29) is 0 Å². The lowest BCUT2D eigenvalue weighted by molar-refractivity contribution is -0.214. The Balaban J connectivity index is 1.69. The highest BCUT2D eigenvalue weighted by molar-refractivity contribution is 5.97. The molecule has 5 rings (SSSR count). The van der Waals surface area contributed by atoms with Gasteiger partial charge in [-0.05, 0) is 17.0 Å². The van der Waals surface area contributed by atoms with Gasteiger partial charge in [0.15, 0.2) is 5.79 Å². The van der Waals surface area contributed by atoms with Gasteiger partial charge in [0.05, 0.1) is 5.69 Å². The summed E-state index contributed by atoms with van der Waals surface area (Å²) in [5.41, 5.74) is 5.30. The van der Waals surface area contributed by atoms with E-state index >= 15 is 0 Å². The molecule has 5 aromatic rings. The third kappa shape index (κ3) is 3.30. The van der Waals surface area contributed by atoms with Crippen molar-refractivity contribution in [3.8, 4) is 11.3 Å². The fourth-order valence-electron chi connectivity index (χ4n) is 4.38. The molecule has 4 nitrogen and oxygen atoms in total. The lowest BCUT2D eigenvalue weighted by atomic mass is 9.92. The summed E-state index contributed by atoms with van der Waals surface area (Å²) in [4.78, 5) is 4.63. The molecule has 4 heteroatoms. The highest BCUT2D eigenvalue weighted by Crippen LogP contribution is 2.35. The summed E-state index contributed by atoms with van der Waals surface area (Å²) >= 11 is 0. The zero-order chi connectivity index (χ0) is 21.3. The molecule has 0 aliphatic rings. The van der Waals surface area contributed by atoms with E-state index in [2.05, 4.69) is 64.0 Å². The number of pyridine rings is 1. The number of hydrogen-bond donors (Lipinski definition) is 0. The second kappa shape index (κ2) is 7.99. The normalized spacial score (nSPS) is 11.9. The van der Waals surface area contributed by atoms with Crippen molar-refractivity contribution in [1.29, 1.82) is 0 Å².